The lowest BCUT2D eigenvalue weighted by molar-refractivity contribution is -0.123. The maximum atomic E-state index is 12.3. The van der Waals surface area contributed by atoms with Crippen molar-refractivity contribution in [3.63, 3.8) is 0 Å². The summed E-state index contributed by atoms with van der Waals surface area (Å²) in [6.07, 6.45) is 3.20. The van der Waals surface area contributed by atoms with Crippen LogP contribution in [0.4, 0.5) is 0 Å². The van der Waals surface area contributed by atoms with E-state index in [9.17, 15) is 9.59 Å². The predicted molar refractivity (Wildman–Crippen MR) is 104 cm³/mol. The van der Waals surface area contributed by atoms with Crippen molar-refractivity contribution < 1.29 is 19.1 Å². The third-order valence-corrected chi connectivity index (χ3v) is 5.61. The molecule has 1 aliphatic carbocycles. The summed E-state index contributed by atoms with van der Waals surface area (Å²) in [5.74, 6) is 1.24. The van der Waals surface area contributed by atoms with Gasteiger partial charge in [-0.1, -0.05) is 6.92 Å². The van der Waals surface area contributed by atoms with Crippen LogP contribution in [0.2, 0.25) is 0 Å². The fraction of sp³-hybridized carbons (Fsp3) is 0.400. The average molecular weight is 388 g/mol. The van der Waals surface area contributed by atoms with Crippen LogP contribution >= 0.6 is 11.3 Å². The van der Waals surface area contributed by atoms with E-state index < -0.39 is 5.91 Å². The van der Waals surface area contributed by atoms with Crippen molar-refractivity contribution in [3.05, 3.63) is 45.6 Å². The van der Waals surface area contributed by atoms with Gasteiger partial charge in [-0.3, -0.25) is 20.4 Å². The van der Waals surface area contributed by atoms with Gasteiger partial charge in [0.1, 0.15) is 11.5 Å². The molecule has 0 unspecified atom stereocenters. The van der Waals surface area contributed by atoms with Crippen molar-refractivity contribution in [2.45, 2.75) is 33.1 Å². The SMILES string of the molecule is CCOc1ccc(OCC(=O)NNC(=O)c2cc3c(s2)CC[C@@H](C)C3)cc1. The van der Waals surface area contributed by atoms with Gasteiger partial charge < -0.3 is 9.47 Å². The molecular formula is C20H24N2O4S. The minimum atomic E-state index is -0.424. The second-order valence-corrected chi connectivity index (χ2v) is 7.74. The number of carbonyl (C=O) groups is 2. The number of amides is 2. The Balaban J connectivity index is 1.44. The van der Waals surface area contributed by atoms with Crippen molar-refractivity contribution in [1.82, 2.24) is 10.9 Å². The molecule has 1 aromatic heterocycles. The summed E-state index contributed by atoms with van der Waals surface area (Å²) in [6.45, 7) is 4.54. The molecule has 6 nitrogen and oxygen atoms in total. The number of ether oxygens (including phenoxy) is 2. The lowest BCUT2D eigenvalue weighted by Gasteiger charge is -2.16. The molecule has 0 aliphatic heterocycles. The molecule has 0 spiro atoms. The van der Waals surface area contributed by atoms with Gasteiger partial charge in [0.05, 0.1) is 11.5 Å². The Bertz CT molecular complexity index is 801. The van der Waals surface area contributed by atoms with E-state index in [0.717, 1.165) is 25.0 Å². The molecule has 0 bridgehead atoms. The zero-order valence-electron chi connectivity index (χ0n) is 15.5. The lowest BCUT2D eigenvalue weighted by Crippen LogP contribution is -2.43. The van der Waals surface area contributed by atoms with Crippen LogP contribution < -0.4 is 20.3 Å². The van der Waals surface area contributed by atoms with E-state index in [2.05, 4.69) is 17.8 Å². The number of fused-ring (bicyclic) bond motifs is 1. The molecule has 1 heterocycles. The summed E-state index contributed by atoms with van der Waals surface area (Å²) >= 11 is 1.51. The Morgan fingerprint density at radius 2 is 1.85 bits per heavy atom. The van der Waals surface area contributed by atoms with E-state index in [1.165, 1.54) is 21.8 Å². The third kappa shape index (κ3) is 5.23. The molecule has 2 N–H and O–H groups in total. The van der Waals surface area contributed by atoms with Gasteiger partial charge in [0.25, 0.3) is 11.8 Å². The van der Waals surface area contributed by atoms with Crippen molar-refractivity contribution in [3.8, 4) is 11.5 Å². The molecule has 1 atom stereocenters. The van der Waals surface area contributed by atoms with Gasteiger partial charge in [0, 0.05) is 4.88 Å². The van der Waals surface area contributed by atoms with Crippen LogP contribution in [0.3, 0.4) is 0 Å². The first-order chi connectivity index (χ1) is 13.0. The summed E-state index contributed by atoms with van der Waals surface area (Å²) in [7, 11) is 0. The second kappa shape index (κ2) is 8.90. The third-order valence-electron chi connectivity index (χ3n) is 4.37. The zero-order chi connectivity index (χ0) is 19.2. The van der Waals surface area contributed by atoms with E-state index in [4.69, 9.17) is 9.47 Å². The smallest absolute Gasteiger partial charge is 0.279 e. The molecule has 3 rings (SSSR count). The monoisotopic (exact) mass is 388 g/mol. The molecule has 7 heteroatoms. The normalized spacial score (nSPS) is 15.6. The summed E-state index contributed by atoms with van der Waals surface area (Å²) in [4.78, 5) is 26.0. The van der Waals surface area contributed by atoms with Crippen molar-refractivity contribution in [2.75, 3.05) is 13.2 Å². The number of thiophene rings is 1. The Hall–Kier alpha value is -2.54. The standard InChI is InChI=1S/C20H24N2O4S/c1-3-25-15-5-7-16(8-6-15)26-12-19(23)21-22-20(24)18-11-14-10-13(2)4-9-17(14)27-18/h5-8,11,13H,3-4,9-10,12H2,1-2H3,(H,21,23)(H,22,24)/t13-/m1/s1. The quantitative estimate of drug-likeness (QED) is 0.746. The molecule has 0 fully saturated rings. The fourth-order valence-corrected chi connectivity index (χ4v) is 4.09. The molecule has 0 radical (unpaired) electrons. The van der Waals surface area contributed by atoms with Crippen molar-refractivity contribution in [2.24, 2.45) is 5.92 Å². The Morgan fingerprint density at radius 1 is 1.15 bits per heavy atom. The Kier molecular flexibility index (Phi) is 6.34. The summed E-state index contributed by atoms with van der Waals surface area (Å²) in [6, 6.07) is 8.95. The van der Waals surface area contributed by atoms with E-state index in [0.29, 0.717) is 23.2 Å². The molecular weight excluding hydrogens is 364 g/mol. The van der Waals surface area contributed by atoms with Crippen LogP contribution in [-0.2, 0) is 17.6 Å². The molecule has 2 aromatic rings. The largest absolute Gasteiger partial charge is 0.494 e. The number of hydrazine groups is 1. The van der Waals surface area contributed by atoms with Crippen LogP contribution in [0.1, 0.15) is 40.4 Å². The lowest BCUT2D eigenvalue weighted by atomic mass is 9.90. The van der Waals surface area contributed by atoms with Crippen molar-refractivity contribution >= 4 is 23.2 Å². The Labute approximate surface area is 162 Å². The number of hydrogen-bond donors (Lipinski definition) is 2. The molecule has 1 aliphatic rings. The minimum absolute atomic E-state index is 0.188. The predicted octanol–water partition coefficient (Wildman–Crippen LogP) is 3.11. The van der Waals surface area contributed by atoms with Crippen LogP contribution in [0.5, 0.6) is 11.5 Å². The molecule has 144 valence electrons. The fourth-order valence-electron chi connectivity index (χ4n) is 2.99. The van der Waals surface area contributed by atoms with Gasteiger partial charge in [-0.05, 0) is 68.0 Å². The van der Waals surface area contributed by atoms with Gasteiger partial charge in [-0.25, -0.2) is 0 Å². The number of carbonyl (C=O) groups excluding carboxylic acids is 2. The van der Waals surface area contributed by atoms with Crippen LogP contribution in [0, 0.1) is 5.92 Å². The first kappa shape index (κ1) is 19.2. The molecule has 0 saturated carbocycles. The number of rotatable bonds is 6. The minimum Gasteiger partial charge on any atom is -0.494 e. The van der Waals surface area contributed by atoms with E-state index in [-0.39, 0.29) is 12.5 Å². The van der Waals surface area contributed by atoms with Gasteiger partial charge in [0.15, 0.2) is 6.61 Å². The van der Waals surface area contributed by atoms with Gasteiger partial charge in [0.2, 0.25) is 0 Å². The van der Waals surface area contributed by atoms with E-state index in [1.807, 2.05) is 13.0 Å². The maximum absolute atomic E-state index is 12.3. The number of benzene rings is 1. The highest BCUT2D eigenvalue weighted by molar-refractivity contribution is 7.14. The van der Waals surface area contributed by atoms with Gasteiger partial charge in [-0.2, -0.15) is 0 Å². The molecule has 0 saturated heterocycles. The first-order valence-electron chi connectivity index (χ1n) is 9.11. The van der Waals surface area contributed by atoms with E-state index >= 15 is 0 Å². The van der Waals surface area contributed by atoms with Gasteiger partial charge in [-0.15, -0.1) is 11.3 Å². The molecule has 27 heavy (non-hydrogen) atoms. The summed E-state index contributed by atoms with van der Waals surface area (Å²) in [5, 5.41) is 0. The highest BCUT2D eigenvalue weighted by Gasteiger charge is 2.20. The number of aryl methyl sites for hydroxylation is 1. The highest BCUT2D eigenvalue weighted by Crippen LogP contribution is 2.32. The van der Waals surface area contributed by atoms with Gasteiger partial charge >= 0.3 is 0 Å². The molecule has 1 aromatic carbocycles. The number of hydrogen-bond acceptors (Lipinski definition) is 5. The summed E-state index contributed by atoms with van der Waals surface area (Å²) in [5.41, 5.74) is 6.10. The summed E-state index contributed by atoms with van der Waals surface area (Å²) < 4.78 is 10.7. The average Bonchev–Trinajstić information content (AvgIpc) is 3.09. The number of nitrogens with one attached hydrogen (secondary N) is 2. The second-order valence-electron chi connectivity index (χ2n) is 6.60. The topological polar surface area (TPSA) is 76.7 Å². The zero-order valence-corrected chi connectivity index (χ0v) is 16.4. The molecule has 2 amide bonds. The van der Waals surface area contributed by atoms with Crippen molar-refractivity contribution in [1.29, 1.82) is 0 Å². The maximum Gasteiger partial charge on any atom is 0.279 e. The first-order valence-corrected chi connectivity index (χ1v) is 9.93. The van der Waals surface area contributed by atoms with Crippen LogP contribution in [0.25, 0.3) is 0 Å². The van der Waals surface area contributed by atoms with E-state index in [1.54, 1.807) is 24.3 Å². The highest BCUT2D eigenvalue weighted by atomic mass is 32.1. The van der Waals surface area contributed by atoms with Crippen LogP contribution in [-0.4, -0.2) is 25.0 Å². The Morgan fingerprint density at radius 3 is 2.56 bits per heavy atom. The van der Waals surface area contributed by atoms with Crippen LogP contribution in [0.15, 0.2) is 30.3 Å².